The lowest BCUT2D eigenvalue weighted by Gasteiger charge is -2.17. The molecule has 1 aliphatic heterocycles. The van der Waals surface area contributed by atoms with E-state index in [0.717, 1.165) is 12.8 Å². The highest BCUT2D eigenvalue weighted by Crippen LogP contribution is 2.36. The Bertz CT molecular complexity index is 1190. The third-order valence-electron chi connectivity index (χ3n) is 5.87. The molecule has 5 rings (SSSR count). The maximum absolute atomic E-state index is 15.0. The lowest BCUT2D eigenvalue weighted by molar-refractivity contribution is 0.0604. The van der Waals surface area contributed by atoms with Gasteiger partial charge in [0, 0.05) is 31.0 Å². The van der Waals surface area contributed by atoms with Crippen LogP contribution in [0.3, 0.4) is 0 Å². The zero-order valence-corrected chi connectivity index (χ0v) is 19.0. The Morgan fingerprint density at radius 2 is 2.18 bits per heavy atom. The van der Waals surface area contributed by atoms with Gasteiger partial charge in [-0.25, -0.2) is 14.2 Å². The van der Waals surface area contributed by atoms with Crippen molar-refractivity contribution in [2.24, 2.45) is 0 Å². The Labute approximate surface area is 194 Å². The number of fused-ring (bicyclic) bond motifs is 1. The SMILES string of the molecule is COCc1cn2c(Nc3cc([C@H]4OC[C@@H](OC(=O)NC5(C)CC5)[C@@H]4F)[nH]n3)nc(OC)cc2n1. The number of methoxy groups -OCH3 is 2. The van der Waals surface area contributed by atoms with Crippen LogP contribution in [0, 0.1) is 0 Å². The van der Waals surface area contributed by atoms with E-state index in [1.807, 2.05) is 6.92 Å². The van der Waals surface area contributed by atoms with Gasteiger partial charge < -0.3 is 29.6 Å². The second kappa shape index (κ2) is 8.72. The molecule has 1 amide bonds. The summed E-state index contributed by atoms with van der Waals surface area (Å²) in [4.78, 5) is 20.9. The normalized spacial score (nSPS) is 23.1. The van der Waals surface area contributed by atoms with Gasteiger partial charge in [-0.1, -0.05) is 0 Å². The van der Waals surface area contributed by atoms with Gasteiger partial charge in [-0.3, -0.25) is 9.50 Å². The molecular formula is C21H26FN7O5. The number of imidazole rings is 1. The predicted octanol–water partition coefficient (Wildman–Crippen LogP) is 2.41. The van der Waals surface area contributed by atoms with Crippen molar-refractivity contribution in [2.45, 2.75) is 50.3 Å². The number of anilines is 2. The zero-order chi connectivity index (χ0) is 23.9. The van der Waals surface area contributed by atoms with E-state index >= 15 is 4.39 Å². The summed E-state index contributed by atoms with van der Waals surface area (Å²) < 4.78 is 38.0. The highest BCUT2D eigenvalue weighted by molar-refractivity contribution is 5.69. The number of rotatable bonds is 8. The van der Waals surface area contributed by atoms with Gasteiger partial charge in [0.15, 0.2) is 18.1 Å². The van der Waals surface area contributed by atoms with Crippen molar-refractivity contribution >= 4 is 23.5 Å². The summed E-state index contributed by atoms with van der Waals surface area (Å²) in [6, 6.07) is 3.31. The largest absolute Gasteiger partial charge is 0.481 e. The van der Waals surface area contributed by atoms with Crippen molar-refractivity contribution in [3.8, 4) is 5.88 Å². The van der Waals surface area contributed by atoms with Gasteiger partial charge in [0.1, 0.15) is 11.8 Å². The molecule has 182 valence electrons. The molecule has 0 spiro atoms. The fraction of sp³-hybridized carbons (Fsp3) is 0.524. The minimum Gasteiger partial charge on any atom is -0.481 e. The maximum atomic E-state index is 15.0. The van der Waals surface area contributed by atoms with Crippen LogP contribution in [0.5, 0.6) is 5.88 Å². The van der Waals surface area contributed by atoms with Gasteiger partial charge in [-0.15, -0.1) is 0 Å². The number of alkyl carbamates (subject to hydrolysis) is 1. The van der Waals surface area contributed by atoms with E-state index in [4.69, 9.17) is 18.9 Å². The molecule has 0 unspecified atom stereocenters. The van der Waals surface area contributed by atoms with Crippen molar-refractivity contribution in [3.05, 3.63) is 29.7 Å². The van der Waals surface area contributed by atoms with Gasteiger partial charge in [-0.2, -0.15) is 10.1 Å². The fourth-order valence-electron chi connectivity index (χ4n) is 3.75. The lowest BCUT2D eigenvalue weighted by Crippen LogP contribution is -2.39. The van der Waals surface area contributed by atoms with Crippen molar-refractivity contribution in [2.75, 3.05) is 26.1 Å². The van der Waals surface area contributed by atoms with Crippen LogP contribution >= 0.6 is 0 Å². The van der Waals surface area contributed by atoms with E-state index in [9.17, 15) is 4.79 Å². The zero-order valence-electron chi connectivity index (χ0n) is 19.0. The first-order chi connectivity index (χ1) is 16.4. The molecule has 4 heterocycles. The molecule has 0 bridgehead atoms. The van der Waals surface area contributed by atoms with Gasteiger partial charge in [0.05, 0.1) is 31.7 Å². The van der Waals surface area contributed by atoms with E-state index in [0.29, 0.717) is 41.3 Å². The van der Waals surface area contributed by atoms with Crippen LogP contribution in [0.1, 0.15) is 37.3 Å². The number of carbonyl (C=O) groups is 1. The number of amides is 1. The molecular weight excluding hydrogens is 449 g/mol. The van der Waals surface area contributed by atoms with E-state index in [-0.39, 0.29) is 12.1 Å². The van der Waals surface area contributed by atoms with E-state index in [1.54, 1.807) is 29.8 Å². The standard InChI is InChI=1S/C21H26FN7O5/c1-21(4-5-21)26-20(30)34-13-10-33-18(17(13)22)12-6-14(28-27-12)24-19-25-16(32-3)7-15-23-11(9-31-2)8-29(15)19/h6-8,13,17-18H,4-5,9-10H2,1-3H3,(H,26,30)(H2,24,25,27,28)/t13-,17+,18-/m1/s1. The summed E-state index contributed by atoms with van der Waals surface area (Å²) in [6.45, 7) is 2.21. The number of aromatic amines is 1. The predicted molar refractivity (Wildman–Crippen MR) is 117 cm³/mol. The van der Waals surface area contributed by atoms with Crippen molar-refractivity contribution < 1.29 is 28.1 Å². The summed E-state index contributed by atoms with van der Waals surface area (Å²) in [5.41, 5.74) is 1.48. The second-order valence-electron chi connectivity index (χ2n) is 8.68. The van der Waals surface area contributed by atoms with Gasteiger partial charge >= 0.3 is 6.09 Å². The second-order valence-corrected chi connectivity index (χ2v) is 8.68. The molecule has 3 aromatic heterocycles. The number of ether oxygens (including phenoxy) is 4. The number of carbonyl (C=O) groups excluding carboxylic acids is 1. The number of nitrogens with zero attached hydrogens (tertiary/aromatic N) is 4. The number of H-pyrrole nitrogens is 1. The van der Waals surface area contributed by atoms with E-state index < -0.39 is 24.5 Å². The first-order valence-electron chi connectivity index (χ1n) is 10.9. The molecule has 0 radical (unpaired) electrons. The Morgan fingerprint density at radius 3 is 2.91 bits per heavy atom. The molecule has 12 nitrogen and oxygen atoms in total. The molecule has 1 saturated heterocycles. The maximum Gasteiger partial charge on any atom is 0.408 e. The van der Waals surface area contributed by atoms with Crippen LogP contribution in [-0.2, 0) is 20.8 Å². The first-order valence-corrected chi connectivity index (χ1v) is 10.9. The Morgan fingerprint density at radius 1 is 1.35 bits per heavy atom. The highest BCUT2D eigenvalue weighted by atomic mass is 19.1. The molecule has 3 atom stereocenters. The monoisotopic (exact) mass is 475 g/mol. The van der Waals surface area contributed by atoms with Crippen LogP contribution in [0.25, 0.3) is 5.65 Å². The Balaban J connectivity index is 1.29. The first kappa shape index (κ1) is 22.3. The van der Waals surface area contributed by atoms with Crippen LogP contribution in [0.15, 0.2) is 18.3 Å². The van der Waals surface area contributed by atoms with Crippen molar-refractivity contribution in [1.29, 1.82) is 0 Å². The average molecular weight is 475 g/mol. The van der Waals surface area contributed by atoms with Gasteiger partial charge in [-0.05, 0) is 19.8 Å². The molecule has 1 saturated carbocycles. The average Bonchev–Trinajstić information content (AvgIpc) is 3.14. The molecule has 3 aromatic rings. The molecule has 2 fully saturated rings. The quantitative estimate of drug-likeness (QED) is 0.448. The summed E-state index contributed by atoms with van der Waals surface area (Å²) >= 11 is 0. The summed E-state index contributed by atoms with van der Waals surface area (Å²) in [7, 11) is 3.10. The van der Waals surface area contributed by atoms with Crippen molar-refractivity contribution in [1.82, 2.24) is 29.9 Å². The van der Waals surface area contributed by atoms with Crippen molar-refractivity contribution in [3.63, 3.8) is 0 Å². The number of alkyl halides is 1. The third-order valence-corrected chi connectivity index (χ3v) is 5.87. The van der Waals surface area contributed by atoms with Crippen LogP contribution in [0.2, 0.25) is 0 Å². The number of aromatic nitrogens is 5. The van der Waals surface area contributed by atoms with E-state index in [1.165, 1.54) is 7.11 Å². The van der Waals surface area contributed by atoms with Crippen LogP contribution < -0.4 is 15.4 Å². The third kappa shape index (κ3) is 4.48. The summed E-state index contributed by atoms with van der Waals surface area (Å²) in [6.07, 6.45) is -0.572. The minimum atomic E-state index is -1.54. The molecule has 1 aliphatic carbocycles. The van der Waals surface area contributed by atoms with Gasteiger partial charge in [0.2, 0.25) is 11.8 Å². The van der Waals surface area contributed by atoms with Crippen LogP contribution in [0.4, 0.5) is 21.0 Å². The highest BCUT2D eigenvalue weighted by Gasteiger charge is 2.44. The number of hydrogen-bond acceptors (Lipinski definition) is 9. The summed E-state index contributed by atoms with van der Waals surface area (Å²) in [5.74, 6) is 1.15. The lowest BCUT2D eigenvalue weighted by atomic mass is 10.1. The molecule has 0 aromatic carbocycles. The number of halogens is 1. The van der Waals surface area contributed by atoms with E-state index in [2.05, 4.69) is 30.8 Å². The minimum absolute atomic E-state index is 0.0485. The summed E-state index contributed by atoms with van der Waals surface area (Å²) in [5, 5.41) is 12.8. The topological polar surface area (TPSA) is 137 Å². The number of hydrogen-bond donors (Lipinski definition) is 3. The molecule has 34 heavy (non-hydrogen) atoms. The fourth-order valence-corrected chi connectivity index (χ4v) is 3.75. The van der Waals surface area contributed by atoms with Crippen LogP contribution in [-0.4, -0.2) is 69.3 Å². The smallest absolute Gasteiger partial charge is 0.408 e. The number of nitrogens with one attached hydrogen (secondary N) is 3. The Kier molecular flexibility index (Phi) is 5.73. The van der Waals surface area contributed by atoms with Gasteiger partial charge in [0.25, 0.3) is 0 Å². The molecule has 13 heteroatoms. The Hall–Kier alpha value is -3.45. The molecule has 2 aliphatic rings. The molecule has 3 N–H and O–H groups in total.